The molecule has 0 aliphatic heterocycles. The summed E-state index contributed by atoms with van der Waals surface area (Å²) in [6.45, 7) is 2.91. The van der Waals surface area contributed by atoms with E-state index >= 15 is 0 Å². The van der Waals surface area contributed by atoms with Crippen LogP contribution in [0.1, 0.15) is 18.1 Å². The molecule has 0 saturated carbocycles. The maximum absolute atomic E-state index is 13.1. The van der Waals surface area contributed by atoms with Crippen LogP contribution < -0.4 is 0 Å². The molecular formula is C9H9F2NO. The maximum atomic E-state index is 13.1. The van der Waals surface area contributed by atoms with Crippen molar-refractivity contribution in [3.63, 3.8) is 0 Å². The van der Waals surface area contributed by atoms with Crippen LogP contribution in [-0.2, 0) is 0 Å². The average Bonchev–Trinajstić information content (AvgIpc) is 2.02. The average molecular weight is 185 g/mol. The van der Waals surface area contributed by atoms with E-state index in [9.17, 15) is 8.78 Å². The van der Waals surface area contributed by atoms with Crippen molar-refractivity contribution in [1.29, 1.82) is 0 Å². The normalized spacial score (nSPS) is 11.8. The van der Waals surface area contributed by atoms with Crippen molar-refractivity contribution in [1.82, 2.24) is 0 Å². The van der Waals surface area contributed by atoms with Crippen LogP contribution in [-0.4, -0.2) is 10.9 Å². The fourth-order valence-electron chi connectivity index (χ4n) is 1.10. The number of hydrogen-bond acceptors (Lipinski definition) is 2. The van der Waals surface area contributed by atoms with Crippen molar-refractivity contribution < 1.29 is 14.0 Å². The van der Waals surface area contributed by atoms with Gasteiger partial charge in [0.2, 0.25) is 0 Å². The van der Waals surface area contributed by atoms with E-state index < -0.39 is 11.6 Å². The number of rotatable bonds is 1. The van der Waals surface area contributed by atoms with Gasteiger partial charge in [-0.05, 0) is 31.5 Å². The predicted octanol–water partition coefficient (Wildman–Crippen LogP) is 2.47. The molecule has 0 unspecified atom stereocenters. The standard InChI is InChI=1S/C9H9F2NO/c1-5-3-7(10)9(6(2)12-13)8(11)4-5/h3-4,13H,1-2H3. The Balaban J connectivity index is 3.37. The first kappa shape index (κ1) is 9.64. The van der Waals surface area contributed by atoms with E-state index in [2.05, 4.69) is 5.16 Å². The SMILES string of the molecule is CC(=NO)c1c(F)cc(C)cc1F. The first-order valence-corrected chi connectivity index (χ1v) is 3.71. The first-order chi connectivity index (χ1) is 6.06. The van der Waals surface area contributed by atoms with E-state index in [4.69, 9.17) is 5.21 Å². The highest BCUT2D eigenvalue weighted by molar-refractivity contribution is 5.98. The molecule has 1 N–H and O–H groups in total. The number of oxime groups is 1. The largest absolute Gasteiger partial charge is 0.411 e. The van der Waals surface area contributed by atoms with Crippen LogP contribution >= 0.6 is 0 Å². The Labute approximate surface area is 74.5 Å². The molecule has 0 fully saturated rings. The van der Waals surface area contributed by atoms with Crippen LogP contribution in [0.3, 0.4) is 0 Å². The van der Waals surface area contributed by atoms with E-state index in [1.54, 1.807) is 6.92 Å². The number of benzene rings is 1. The van der Waals surface area contributed by atoms with E-state index in [1.807, 2.05) is 0 Å². The van der Waals surface area contributed by atoms with Crippen molar-refractivity contribution in [2.45, 2.75) is 13.8 Å². The first-order valence-electron chi connectivity index (χ1n) is 3.71. The topological polar surface area (TPSA) is 32.6 Å². The van der Waals surface area contributed by atoms with Gasteiger partial charge in [0.05, 0.1) is 11.3 Å². The summed E-state index contributed by atoms with van der Waals surface area (Å²) >= 11 is 0. The van der Waals surface area contributed by atoms with Crippen molar-refractivity contribution in [2.75, 3.05) is 0 Å². The minimum absolute atomic E-state index is 0.0741. The highest BCUT2D eigenvalue weighted by atomic mass is 19.1. The second-order valence-corrected chi connectivity index (χ2v) is 2.79. The second-order valence-electron chi connectivity index (χ2n) is 2.79. The number of aryl methyl sites for hydroxylation is 1. The molecule has 0 radical (unpaired) electrons. The fourth-order valence-corrected chi connectivity index (χ4v) is 1.10. The quantitative estimate of drug-likeness (QED) is 0.407. The third kappa shape index (κ3) is 1.83. The Hall–Kier alpha value is -1.45. The van der Waals surface area contributed by atoms with Crippen molar-refractivity contribution in [2.24, 2.45) is 5.16 Å². The fraction of sp³-hybridized carbons (Fsp3) is 0.222. The zero-order valence-electron chi connectivity index (χ0n) is 7.31. The Kier molecular flexibility index (Phi) is 2.60. The van der Waals surface area contributed by atoms with Gasteiger partial charge >= 0.3 is 0 Å². The second kappa shape index (κ2) is 3.51. The molecule has 4 heteroatoms. The highest BCUT2D eigenvalue weighted by Gasteiger charge is 2.12. The molecule has 1 aromatic rings. The minimum atomic E-state index is -0.715. The van der Waals surface area contributed by atoms with Crippen molar-refractivity contribution >= 4 is 5.71 Å². The van der Waals surface area contributed by atoms with Gasteiger partial charge in [0, 0.05) is 0 Å². The molecule has 0 aliphatic rings. The van der Waals surface area contributed by atoms with Crippen LogP contribution in [0.25, 0.3) is 0 Å². The Morgan fingerprint density at radius 1 is 1.31 bits per heavy atom. The zero-order valence-corrected chi connectivity index (χ0v) is 7.31. The smallest absolute Gasteiger partial charge is 0.135 e. The van der Waals surface area contributed by atoms with Crippen LogP contribution in [0.15, 0.2) is 17.3 Å². The van der Waals surface area contributed by atoms with E-state index in [0.29, 0.717) is 5.56 Å². The van der Waals surface area contributed by atoms with E-state index in [0.717, 1.165) is 0 Å². The summed E-state index contributed by atoms with van der Waals surface area (Å²) in [4.78, 5) is 0. The summed E-state index contributed by atoms with van der Waals surface area (Å²) in [7, 11) is 0. The molecular weight excluding hydrogens is 176 g/mol. The van der Waals surface area contributed by atoms with Crippen LogP contribution in [0.2, 0.25) is 0 Å². The third-order valence-corrected chi connectivity index (χ3v) is 1.70. The monoisotopic (exact) mass is 185 g/mol. The molecule has 70 valence electrons. The summed E-state index contributed by atoms with van der Waals surface area (Å²) in [6, 6.07) is 2.38. The molecule has 0 heterocycles. The molecule has 0 saturated heterocycles. The third-order valence-electron chi connectivity index (χ3n) is 1.70. The van der Waals surface area contributed by atoms with E-state index in [1.165, 1.54) is 19.1 Å². The van der Waals surface area contributed by atoms with Gasteiger partial charge in [0.25, 0.3) is 0 Å². The number of nitrogens with zero attached hydrogens (tertiary/aromatic N) is 1. The molecule has 0 aromatic heterocycles. The van der Waals surface area contributed by atoms with Gasteiger partial charge in [-0.2, -0.15) is 0 Å². The number of halogens is 2. The van der Waals surface area contributed by atoms with E-state index in [-0.39, 0.29) is 11.3 Å². The van der Waals surface area contributed by atoms with Gasteiger partial charge in [-0.15, -0.1) is 0 Å². The van der Waals surface area contributed by atoms with Crippen LogP contribution in [0.4, 0.5) is 8.78 Å². The molecule has 2 nitrogen and oxygen atoms in total. The maximum Gasteiger partial charge on any atom is 0.135 e. The lowest BCUT2D eigenvalue weighted by atomic mass is 10.1. The predicted molar refractivity (Wildman–Crippen MR) is 45.1 cm³/mol. The van der Waals surface area contributed by atoms with Gasteiger partial charge in [0.1, 0.15) is 11.6 Å². The number of hydrogen-bond donors (Lipinski definition) is 1. The molecule has 1 aromatic carbocycles. The summed E-state index contributed by atoms with van der Waals surface area (Å²) in [5.41, 5.74) is 0.132. The molecule has 0 atom stereocenters. The van der Waals surface area contributed by atoms with Gasteiger partial charge < -0.3 is 5.21 Å². The summed E-state index contributed by atoms with van der Waals surface area (Å²) in [5.74, 6) is -1.43. The molecule has 13 heavy (non-hydrogen) atoms. The molecule has 0 amide bonds. The molecule has 0 spiro atoms. The molecule has 1 rings (SSSR count). The van der Waals surface area contributed by atoms with Gasteiger partial charge in [-0.3, -0.25) is 0 Å². The van der Waals surface area contributed by atoms with Crippen LogP contribution in [0, 0.1) is 18.6 Å². The lowest BCUT2D eigenvalue weighted by molar-refractivity contribution is 0.318. The molecule has 0 aliphatic carbocycles. The summed E-state index contributed by atoms with van der Waals surface area (Å²) in [6.07, 6.45) is 0. The minimum Gasteiger partial charge on any atom is -0.411 e. The van der Waals surface area contributed by atoms with Crippen molar-refractivity contribution in [3.05, 3.63) is 34.9 Å². The summed E-state index contributed by atoms with van der Waals surface area (Å²) in [5, 5.41) is 11.1. The van der Waals surface area contributed by atoms with Crippen molar-refractivity contribution in [3.8, 4) is 0 Å². The van der Waals surface area contributed by atoms with Gasteiger partial charge in [-0.25, -0.2) is 8.78 Å². The Morgan fingerprint density at radius 2 is 1.77 bits per heavy atom. The van der Waals surface area contributed by atoms with Gasteiger partial charge in [-0.1, -0.05) is 5.16 Å². The Bertz CT molecular complexity index is 338. The summed E-state index contributed by atoms with van der Waals surface area (Å²) < 4.78 is 26.2. The molecule has 0 bridgehead atoms. The Morgan fingerprint density at radius 3 is 2.15 bits per heavy atom. The highest BCUT2D eigenvalue weighted by Crippen LogP contribution is 2.15. The lowest BCUT2D eigenvalue weighted by Gasteiger charge is -2.03. The van der Waals surface area contributed by atoms with Gasteiger partial charge in [0.15, 0.2) is 0 Å². The lowest BCUT2D eigenvalue weighted by Crippen LogP contribution is -2.03. The van der Waals surface area contributed by atoms with Crippen LogP contribution in [0.5, 0.6) is 0 Å². The zero-order chi connectivity index (χ0) is 10.0.